The van der Waals surface area contributed by atoms with E-state index in [0.717, 1.165) is 17.3 Å². The highest BCUT2D eigenvalue weighted by Crippen LogP contribution is 2.45. The number of ether oxygens (including phenoxy) is 3. The highest BCUT2D eigenvalue weighted by Gasteiger charge is 2.57. The fourth-order valence-corrected chi connectivity index (χ4v) is 7.78. The average molecular weight is 705 g/mol. The molecule has 2 aromatic heterocycles. The number of hydrogen-bond acceptors (Lipinski definition) is 14. The molecule has 48 heavy (non-hydrogen) atoms. The number of nitrogens with one attached hydrogen (secondary N) is 2. The molecular weight excluding hydrogens is 665 g/mol. The minimum Gasteiger partial charge on any atom is -0.382 e. The number of nitrogens with two attached hydrogens (primary N) is 1. The summed E-state index contributed by atoms with van der Waals surface area (Å²) in [5, 5.41) is 4.80. The second-order valence-electron chi connectivity index (χ2n) is 12.4. The summed E-state index contributed by atoms with van der Waals surface area (Å²) < 4.78 is 78.2. The minimum absolute atomic E-state index is 0.165. The average Bonchev–Trinajstić information content (AvgIpc) is 3.65. The predicted molar refractivity (Wildman–Crippen MR) is 179 cm³/mol. The molecule has 2 aromatic carbocycles. The van der Waals surface area contributed by atoms with Crippen LogP contribution in [0.1, 0.15) is 32.9 Å². The van der Waals surface area contributed by atoms with Crippen molar-refractivity contribution in [2.45, 2.75) is 61.9 Å². The molecule has 260 valence electrons. The van der Waals surface area contributed by atoms with Gasteiger partial charge in [0.15, 0.2) is 29.0 Å². The number of anilines is 3. The lowest BCUT2D eigenvalue weighted by atomic mass is 10.1. The largest absolute Gasteiger partial charge is 0.382 e. The second kappa shape index (κ2) is 13.0. The topological polar surface area (TPSA) is 202 Å². The molecule has 0 amide bonds. The van der Waals surface area contributed by atoms with E-state index in [-0.39, 0.29) is 23.9 Å². The molecule has 0 saturated carbocycles. The standard InChI is InChI=1S/C30H40N8O8S2/c1-30(2)45-24-21(16-43-47(5,39)40)44-28(25(24)46-30)38-27-23(26(31)33-17-34-27)36-29(38)32-14-6-7-15-35-48(41,42)22-13-9-10-18-19(22)11-8-12-20(18)37(3)4/h8-13,17,21,24-25,28,35H,6-7,14-16H2,1-5H3,(H,32,36)(H2,31,33,34). The van der Waals surface area contributed by atoms with Crippen LogP contribution in [-0.2, 0) is 38.5 Å². The number of aromatic nitrogens is 4. The molecule has 4 N–H and O–H groups in total. The first kappa shape index (κ1) is 34.2. The van der Waals surface area contributed by atoms with Gasteiger partial charge in [-0.15, -0.1) is 0 Å². The molecule has 0 bridgehead atoms. The van der Waals surface area contributed by atoms with Crippen molar-refractivity contribution in [2.75, 3.05) is 56.0 Å². The molecule has 4 aromatic rings. The van der Waals surface area contributed by atoms with Crippen molar-refractivity contribution in [1.29, 1.82) is 0 Å². The van der Waals surface area contributed by atoms with Crippen LogP contribution in [0.3, 0.4) is 0 Å². The van der Waals surface area contributed by atoms with Crippen molar-refractivity contribution in [1.82, 2.24) is 24.2 Å². The lowest BCUT2D eigenvalue weighted by molar-refractivity contribution is -0.198. The minimum atomic E-state index is -3.77. The van der Waals surface area contributed by atoms with Gasteiger partial charge in [0.2, 0.25) is 16.0 Å². The number of nitrogen functional groups attached to an aromatic ring is 1. The van der Waals surface area contributed by atoms with Crippen LogP contribution in [-0.4, -0.2) is 101 Å². The molecule has 2 aliphatic rings. The van der Waals surface area contributed by atoms with E-state index in [1.807, 2.05) is 43.3 Å². The predicted octanol–water partition coefficient (Wildman–Crippen LogP) is 2.19. The number of imidazole rings is 1. The van der Waals surface area contributed by atoms with Gasteiger partial charge in [0.05, 0.1) is 17.8 Å². The van der Waals surface area contributed by atoms with Gasteiger partial charge in [-0.3, -0.25) is 8.75 Å². The second-order valence-corrected chi connectivity index (χ2v) is 15.8. The number of benzene rings is 2. The SMILES string of the molecule is CN(C)c1cccc2c(S(=O)(=O)NCCCCNc3nc4c(N)ncnc4n3C3OC(COS(C)(=O)=O)C4OC(C)(C)OC43)cccc12. The molecule has 2 saturated heterocycles. The highest BCUT2D eigenvalue weighted by molar-refractivity contribution is 7.89. The first-order chi connectivity index (χ1) is 22.7. The summed E-state index contributed by atoms with van der Waals surface area (Å²) in [7, 11) is -3.67. The number of unbranched alkanes of at least 4 members (excludes halogenated alkanes) is 1. The molecule has 4 unspecified atom stereocenters. The van der Waals surface area contributed by atoms with Crippen LogP contribution in [0.2, 0.25) is 0 Å². The van der Waals surface area contributed by atoms with Crippen LogP contribution in [0.4, 0.5) is 17.5 Å². The Morgan fingerprint density at radius 2 is 1.71 bits per heavy atom. The van der Waals surface area contributed by atoms with Crippen molar-refractivity contribution in [3.8, 4) is 0 Å². The first-order valence-electron chi connectivity index (χ1n) is 15.4. The molecule has 4 atom stereocenters. The number of rotatable bonds is 13. The first-order valence-corrected chi connectivity index (χ1v) is 18.7. The van der Waals surface area contributed by atoms with Crippen LogP contribution in [0, 0.1) is 0 Å². The van der Waals surface area contributed by atoms with Crippen LogP contribution in [0.15, 0.2) is 47.6 Å². The summed E-state index contributed by atoms with van der Waals surface area (Å²) in [6.07, 6.45) is 0.506. The summed E-state index contributed by atoms with van der Waals surface area (Å²) in [6.45, 7) is 3.90. The van der Waals surface area contributed by atoms with Gasteiger partial charge in [-0.2, -0.15) is 8.42 Å². The van der Waals surface area contributed by atoms with E-state index in [1.165, 1.54) is 6.33 Å². The fourth-order valence-electron chi connectivity index (χ4n) is 6.11. The fraction of sp³-hybridized carbons (Fsp3) is 0.500. The Kier molecular flexibility index (Phi) is 9.26. The van der Waals surface area contributed by atoms with Gasteiger partial charge in [-0.1, -0.05) is 24.3 Å². The third kappa shape index (κ3) is 6.91. The van der Waals surface area contributed by atoms with E-state index in [9.17, 15) is 16.8 Å². The maximum absolute atomic E-state index is 13.3. The quantitative estimate of drug-likeness (QED) is 0.135. The zero-order valence-electron chi connectivity index (χ0n) is 27.3. The lowest BCUT2D eigenvalue weighted by Crippen LogP contribution is -2.33. The van der Waals surface area contributed by atoms with Gasteiger partial charge < -0.3 is 30.2 Å². The number of fused-ring (bicyclic) bond motifs is 3. The Bertz CT molecular complexity index is 2040. The smallest absolute Gasteiger partial charge is 0.264 e. The number of nitrogens with zero attached hydrogens (tertiary/aromatic N) is 5. The molecule has 0 spiro atoms. The van der Waals surface area contributed by atoms with Crippen molar-refractivity contribution < 1.29 is 35.2 Å². The molecular formula is C30H40N8O8S2. The van der Waals surface area contributed by atoms with E-state index in [1.54, 1.807) is 30.5 Å². The van der Waals surface area contributed by atoms with Crippen LogP contribution in [0.25, 0.3) is 21.9 Å². The molecule has 2 fully saturated rings. The molecule has 6 rings (SSSR count). The Morgan fingerprint density at radius 3 is 2.46 bits per heavy atom. The van der Waals surface area contributed by atoms with E-state index in [0.29, 0.717) is 41.9 Å². The lowest BCUT2D eigenvalue weighted by Gasteiger charge is -2.25. The Labute approximate surface area is 279 Å². The highest BCUT2D eigenvalue weighted by atomic mass is 32.2. The maximum atomic E-state index is 13.3. The normalized spacial score (nSPS) is 22.4. The Hall–Kier alpha value is -3.65. The van der Waals surface area contributed by atoms with Crippen LogP contribution in [0.5, 0.6) is 0 Å². The van der Waals surface area contributed by atoms with E-state index in [4.69, 9.17) is 24.1 Å². The molecule has 2 aliphatic heterocycles. The number of sulfonamides is 1. The van der Waals surface area contributed by atoms with Gasteiger partial charge in [0.1, 0.15) is 24.6 Å². The molecule has 4 heterocycles. The molecule has 0 radical (unpaired) electrons. The van der Waals surface area contributed by atoms with E-state index < -0.39 is 50.5 Å². The maximum Gasteiger partial charge on any atom is 0.264 e. The van der Waals surface area contributed by atoms with Crippen LogP contribution < -0.4 is 20.7 Å². The zero-order valence-corrected chi connectivity index (χ0v) is 28.9. The van der Waals surface area contributed by atoms with Gasteiger partial charge in [-0.05, 0) is 38.8 Å². The summed E-state index contributed by atoms with van der Waals surface area (Å²) in [5.74, 6) is -0.433. The van der Waals surface area contributed by atoms with Gasteiger partial charge in [0.25, 0.3) is 10.1 Å². The third-order valence-electron chi connectivity index (χ3n) is 8.14. The number of hydrogen-bond donors (Lipinski definition) is 3. The monoisotopic (exact) mass is 704 g/mol. The van der Waals surface area contributed by atoms with Gasteiger partial charge in [-0.25, -0.2) is 28.1 Å². The zero-order chi connectivity index (χ0) is 34.4. The van der Waals surface area contributed by atoms with Gasteiger partial charge >= 0.3 is 0 Å². The summed E-state index contributed by atoms with van der Waals surface area (Å²) >= 11 is 0. The molecule has 0 aliphatic carbocycles. The Morgan fingerprint density at radius 1 is 1.00 bits per heavy atom. The molecule has 18 heteroatoms. The Balaban J connectivity index is 1.15. The summed E-state index contributed by atoms with van der Waals surface area (Å²) in [4.78, 5) is 15.3. The van der Waals surface area contributed by atoms with E-state index in [2.05, 4.69) is 25.0 Å². The van der Waals surface area contributed by atoms with Crippen molar-refractivity contribution in [3.05, 3.63) is 42.7 Å². The van der Waals surface area contributed by atoms with Crippen molar-refractivity contribution in [2.24, 2.45) is 0 Å². The van der Waals surface area contributed by atoms with Crippen LogP contribution >= 0.6 is 0 Å². The van der Waals surface area contributed by atoms with Crippen molar-refractivity contribution >= 4 is 59.5 Å². The van der Waals surface area contributed by atoms with Crippen molar-refractivity contribution in [3.63, 3.8) is 0 Å². The summed E-state index contributed by atoms with van der Waals surface area (Å²) in [5.41, 5.74) is 7.80. The third-order valence-corrected chi connectivity index (χ3v) is 10.2. The van der Waals surface area contributed by atoms with E-state index >= 15 is 0 Å². The van der Waals surface area contributed by atoms with Gasteiger partial charge in [0, 0.05) is 43.6 Å². The molecule has 16 nitrogen and oxygen atoms in total. The summed E-state index contributed by atoms with van der Waals surface area (Å²) in [6, 6.07) is 10.9.